The first-order valence-electron chi connectivity index (χ1n) is 7.43. The van der Waals surface area contributed by atoms with Crippen LogP contribution in [0, 0.1) is 6.92 Å². The third kappa shape index (κ3) is 3.41. The Bertz CT molecular complexity index is 837. The summed E-state index contributed by atoms with van der Waals surface area (Å²) in [7, 11) is 0. The highest BCUT2D eigenvalue weighted by Crippen LogP contribution is 2.40. The van der Waals surface area contributed by atoms with Crippen LogP contribution in [0.4, 0.5) is 0 Å². The molecular formula is C18H17NO2S2. The Balaban J connectivity index is 1.99. The number of rotatable bonds is 5. The van der Waals surface area contributed by atoms with E-state index >= 15 is 0 Å². The lowest BCUT2D eigenvalue weighted by Gasteiger charge is -2.08. The van der Waals surface area contributed by atoms with Crippen LogP contribution in [0.2, 0.25) is 0 Å². The predicted molar refractivity (Wildman–Crippen MR) is 97.2 cm³/mol. The third-order valence-electron chi connectivity index (χ3n) is 3.52. The molecule has 118 valence electrons. The minimum atomic E-state index is -0.188. The third-order valence-corrected chi connectivity index (χ3v) is 5.68. The molecule has 0 N–H and O–H groups in total. The van der Waals surface area contributed by atoms with Crippen molar-refractivity contribution >= 4 is 40.0 Å². The zero-order chi connectivity index (χ0) is 16.2. The van der Waals surface area contributed by atoms with Gasteiger partial charge >= 0.3 is 5.97 Å². The Morgan fingerprint density at radius 1 is 1.22 bits per heavy atom. The van der Waals surface area contributed by atoms with Crippen LogP contribution in [0.5, 0.6) is 0 Å². The lowest BCUT2D eigenvalue weighted by Crippen LogP contribution is -2.06. The molecule has 2 aromatic carbocycles. The standard InChI is InChI=1S/C18H17NO2S2/c1-3-21-16(20)11-22-18-17(12(2)19-23-18)15-10-6-8-13-7-4-5-9-14(13)15/h4-10H,3,11H2,1-2H3. The fraction of sp³-hybridized carbons (Fsp3) is 0.222. The van der Waals surface area contributed by atoms with Crippen LogP contribution < -0.4 is 0 Å². The number of aromatic nitrogens is 1. The molecule has 0 amide bonds. The van der Waals surface area contributed by atoms with Crippen molar-refractivity contribution in [3.63, 3.8) is 0 Å². The van der Waals surface area contributed by atoms with Gasteiger partial charge in [-0.1, -0.05) is 42.5 Å². The molecule has 3 rings (SSSR count). The van der Waals surface area contributed by atoms with Gasteiger partial charge in [0, 0.05) is 5.56 Å². The van der Waals surface area contributed by atoms with E-state index in [0.717, 1.165) is 15.5 Å². The van der Waals surface area contributed by atoms with E-state index in [2.05, 4.69) is 34.7 Å². The number of aryl methyl sites for hydroxylation is 1. The van der Waals surface area contributed by atoms with Crippen molar-refractivity contribution in [2.24, 2.45) is 0 Å². The molecular weight excluding hydrogens is 326 g/mol. The topological polar surface area (TPSA) is 39.2 Å². The first-order valence-corrected chi connectivity index (χ1v) is 9.19. The van der Waals surface area contributed by atoms with Gasteiger partial charge in [0.25, 0.3) is 0 Å². The molecule has 0 aliphatic rings. The summed E-state index contributed by atoms with van der Waals surface area (Å²) in [6, 6.07) is 14.6. The number of fused-ring (bicyclic) bond motifs is 1. The van der Waals surface area contributed by atoms with Gasteiger partial charge in [0.2, 0.25) is 0 Å². The normalized spacial score (nSPS) is 10.9. The van der Waals surface area contributed by atoms with Crippen molar-refractivity contribution in [1.29, 1.82) is 0 Å². The van der Waals surface area contributed by atoms with E-state index < -0.39 is 0 Å². The van der Waals surface area contributed by atoms with Crippen LogP contribution in [0.3, 0.4) is 0 Å². The summed E-state index contributed by atoms with van der Waals surface area (Å²) in [6.45, 7) is 4.25. The Labute approximate surface area is 143 Å². The minimum Gasteiger partial charge on any atom is -0.465 e. The molecule has 5 heteroatoms. The molecule has 0 fully saturated rings. The smallest absolute Gasteiger partial charge is 0.316 e. The first kappa shape index (κ1) is 16.0. The van der Waals surface area contributed by atoms with E-state index in [1.165, 1.54) is 39.6 Å². The Hall–Kier alpha value is -1.85. The van der Waals surface area contributed by atoms with Crippen molar-refractivity contribution < 1.29 is 9.53 Å². The van der Waals surface area contributed by atoms with Crippen LogP contribution in [0.15, 0.2) is 46.7 Å². The zero-order valence-electron chi connectivity index (χ0n) is 13.0. The van der Waals surface area contributed by atoms with Gasteiger partial charge in [-0.25, -0.2) is 0 Å². The van der Waals surface area contributed by atoms with Gasteiger partial charge in [0.15, 0.2) is 0 Å². The number of hydrogen-bond acceptors (Lipinski definition) is 5. The minimum absolute atomic E-state index is 0.188. The molecule has 23 heavy (non-hydrogen) atoms. The number of nitrogens with zero attached hydrogens (tertiary/aromatic N) is 1. The zero-order valence-corrected chi connectivity index (χ0v) is 14.7. The molecule has 0 aliphatic heterocycles. The molecule has 3 aromatic rings. The average Bonchev–Trinajstić information content (AvgIpc) is 2.93. The van der Waals surface area contributed by atoms with Crippen LogP contribution in [0.1, 0.15) is 12.6 Å². The Morgan fingerprint density at radius 3 is 2.83 bits per heavy atom. The maximum atomic E-state index is 11.6. The second-order valence-electron chi connectivity index (χ2n) is 5.05. The van der Waals surface area contributed by atoms with Gasteiger partial charge in [-0.05, 0) is 41.7 Å². The fourth-order valence-corrected chi connectivity index (χ4v) is 4.42. The molecule has 0 bridgehead atoms. The number of thioether (sulfide) groups is 1. The van der Waals surface area contributed by atoms with Gasteiger partial charge in [0.1, 0.15) is 0 Å². The summed E-state index contributed by atoms with van der Waals surface area (Å²) in [5.41, 5.74) is 3.29. The van der Waals surface area contributed by atoms with Crippen LogP contribution >= 0.6 is 23.3 Å². The van der Waals surface area contributed by atoms with Gasteiger partial charge in [0.05, 0.1) is 22.3 Å². The molecule has 0 radical (unpaired) electrons. The number of carbonyl (C=O) groups is 1. The summed E-state index contributed by atoms with van der Waals surface area (Å²) in [4.78, 5) is 11.6. The highest BCUT2D eigenvalue weighted by atomic mass is 32.2. The van der Waals surface area contributed by atoms with Crippen LogP contribution in [0.25, 0.3) is 21.9 Å². The van der Waals surface area contributed by atoms with Crippen LogP contribution in [-0.2, 0) is 9.53 Å². The van der Waals surface area contributed by atoms with E-state index in [0.29, 0.717) is 12.4 Å². The summed E-state index contributed by atoms with van der Waals surface area (Å²) in [5.74, 6) is 0.125. The first-order chi connectivity index (χ1) is 11.2. The van der Waals surface area contributed by atoms with Gasteiger partial charge in [-0.2, -0.15) is 4.37 Å². The number of hydrogen-bond donors (Lipinski definition) is 0. The summed E-state index contributed by atoms with van der Waals surface area (Å²) < 4.78 is 10.6. The van der Waals surface area contributed by atoms with E-state index in [4.69, 9.17) is 4.74 Å². The monoisotopic (exact) mass is 343 g/mol. The fourth-order valence-electron chi connectivity index (χ4n) is 2.52. The quantitative estimate of drug-likeness (QED) is 0.486. The predicted octanol–water partition coefficient (Wildman–Crippen LogP) is 4.93. The largest absolute Gasteiger partial charge is 0.465 e. The van der Waals surface area contributed by atoms with E-state index in [9.17, 15) is 4.79 Å². The summed E-state index contributed by atoms with van der Waals surface area (Å²) >= 11 is 2.95. The van der Waals surface area contributed by atoms with Crippen molar-refractivity contribution in [1.82, 2.24) is 4.37 Å². The molecule has 0 aliphatic carbocycles. The number of benzene rings is 2. The highest BCUT2D eigenvalue weighted by Gasteiger charge is 2.16. The molecule has 1 heterocycles. The Morgan fingerprint density at radius 2 is 2.00 bits per heavy atom. The Kier molecular flexibility index (Phi) is 4.98. The van der Waals surface area contributed by atoms with Crippen LogP contribution in [-0.4, -0.2) is 22.7 Å². The maximum absolute atomic E-state index is 11.6. The molecule has 0 saturated carbocycles. The molecule has 1 aromatic heterocycles. The van der Waals surface area contributed by atoms with Crippen molar-refractivity contribution in [3.05, 3.63) is 48.2 Å². The van der Waals surface area contributed by atoms with Crippen molar-refractivity contribution in [2.75, 3.05) is 12.4 Å². The van der Waals surface area contributed by atoms with E-state index in [1.54, 1.807) is 0 Å². The second kappa shape index (κ2) is 7.15. The van der Waals surface area contributed by atoms with E-state index in [-0.39, 0.29) is 5.97 Å². The number of ether oxygens (including phenoxy) is 1. The summed E-state index contributed by atoms with van der Waals surface area (Å²) in [5, 5.41) is 2.41. The van der Waals surface area contributed by atoms with Gasteiger partial charge in [-0.3, -0.25) is 4.79 Å². The molecule has 0 unspecified atom stereocenters. The van der Waals surface area contributed by atoms with E-state index in [1.807, 2.05) is 26.0 Å². The molecule has 0 spiro atoms. The number of esters is 1. The molecule has 3 nitrogen and oxygen atoms in total. The second-order valence-corrected chi connectivity index (χ2v) is 7.07. The maximum Gasteiger partial charge on any atom is 0.316 e. The van der Waals surface area contributed by atoms with Crippen molar-refractivity contribution in [3.8, 4) is 11.1 Å². The lowest BCUT2D eigenvalue weighted by molar-refractivity contribution is -0.139. The SMILES string of the molecule is CCOC(=O)CSc1snc(C)c1-c1cccc2ccccc12. The molecule has 0 atom stereocenters. The van der Waals surface area contributed by atoms with Crippen molar-refractivity contribution in [2.45, 2.75) is 18.1 Å². The molecule has 0 saturated heterocycles. The average molecular weight is 343 g/mol. The number of carbonyl (C=O) groups excluding carboxylic acids is 1. The lowest BCUT2D eigenvalue weighted by atomic mass is 9.99. The van der Waals surface area contributed by atoms with Gasteiger partial charge in [-0.15, -0.1) is 11.8 Å². The highest BCUT2D eigenvalue weighted by molar-refractivity contribution is 8.01. The van der Waals surface area contributed by atoms with Gasteiger partial charge < -0.3 is 4.74 Å². The summed E-state index contributed by atoms with van der Waals surface area (Å²) in [6.07, 6.45) is 0.